The van der Waals surface area contributed by atoms with Crippen LogP contribution in [0.25, 0.3) is 0 Å². The molecule has 0 saturated carbocycles. The van der Waals surface area contributed by atoms with Crippen molar-refractivity contribution in [3.05, 3.63) is 57.2 Å². The monoisotopic (exact) mass is 395 g/mol. The minimum atomic E-state index is -0.144. The van der Waals surface area contributed by atoms with Crippen LogP contribution in [0.1, 0.15) is 18.1 Å². The molecule has 0 unspecified atom stereocenters. The number of hydrogen-bond acceptors (Lipinski definition) is 2. The molecule has 0 aliphatic carbocycles. The number of benzene rings is 2. The highest BCUT2D eigenvalue weighted by atomic mass is 127. The van der Waals surface area contributed by atoms with Gasteiger partial charge >= 0.3 is 0 Å². The van der Waals surface area contributed by atoms with Gasteiger partial charge in [-0.15, -0.1) is 0 Å². The Hall–Kier alpha value is -1.56. The summed E-state index contributed by atoms with van der Waals surface area (Å²) < 4.78 is 6.72. The quantitative estimate of drug-likeness (QED) is 0.772. The van der Waals surface area contributed by atoms with Gasteiger partial charge in [0, 0.05) is 9.26 Å². The fourth-order valence-electron chi connectivity index (χ4n) is 2.02. The second-order valence-electron chi connectivity index (χ2n) is 4.76. The molecule has 0 fully saturated rings. The molecular weight excluding hydrogens is 377 g/mol. The fraction of sp³-hybridized carbons (Fsp3) is 0.235. The molecule has 0 aromatic heterocycles. The number of para-hydroxylation sites is 1. The Labute approximate surface area is 138 Å². The van der Waals surface area contributed by atoms with Gasteiger partial charge in [-0.3, -0.25) is 4.79 Å². The van der Waals surface area contributed by atoms with Crippen molar-refractivity contribution >= 4 is 34.2 Å². The normalized spacial score (nSPS) is 10.2. The predicted molar refractivity (Wildman–Crippen MR) is 93.8 cm³/mol. The maximum atomic E-state index is 12.0. The largest absolute Gasteiger partial charge is 0.483 e. The summed E-state index contributed by atoms with van der Waals surface area (Å²) in [5.74, 6) is 0.597. The van der Waals surface area contributed by atoms with Gasteiger partial charge in [0.15, 0.2) is 6.61 Å². The van der Waals surface area contributed by atoms with Crippen LogP contribution in [-0.4, -0.2) is 12.5 Å². The molecule has 2 aromatic carbocycles. The summed E-state index contributed by atoms with van der Waals surface area (Å²) in [6, 6.07) is 13.7. The van der Waals surface area contributed by atoms with Crippen molar-refractivity contribution in [3.8, 4) is 5.75 Å². The standard InChI is InChI=1S/C17H18INO2/c1-3-13-10-14(18)8-9-15(13)19-17(20)11-21-16-7-5-4-6-12(16)2/h4-10H,3,11H2,1-2H3,(H,19,20). The van der Waals surface area contributed by atoms with E-state index in [0.717, 1.165) is 29.0 Å². The highest BCUT2D eigenvalue weighted by Crippen LogP contribution is 2.20. The van der Waals surface area contributed by atoms with E-state index in [1.165, 1.54) is 3.57 Å². The first-order valence-electron chi connectivity index (χ1n) is 6.87. The summed E-state index contributed by atoms with van der Waals surface area (Å²) in [5, 5.41) is 2.91. The average molecular weight is 395 g/mol. The fourth-order valence-corrected chi connectivity index (χ4v) is 2.58. The molecule has 1 amide bonds. The van der Waals surface area contributed by atoms with Crippen molar-refractivity contribution in [1.82, 2.24) is 0 Å². The molecule has 1 N–H and O–H groups in total. The van der Waals surface area contributed by atoms with Gasteiger partial charge in [0.2, 0.25) is 0 Å². The van der Waals surface area contributed by atoms with Gasteiger partial charge in [-0.1, -0.05) is 25.1 Å². The van der Waals surface area contributed by atoms with E-state index in [2.05, 4.69) is 40.9 Å². The van der Waals surface area contributed by atoms with Crippen LogP contribution in [0.3, 0.4) is 0 Å². The van der Waals surface area contributed by atoms with Gasteiger partial charge < -0.3 is 10.1 Å². The number of carbonyl (C=O) groups excluding carboxylic acids is 1. The molecule has 2 aromatic rings. The second kappa shape index (κ2) is 7.45. The Morgan fingerprint density at radius 2 is 2.00 bits per heavy atom. The van der Waals surface area contributed by atoms with Crippen LogP contribution >= 0.6 is 22.6 Å². The van der Waals surface area contributed by atoms with Gasteiger partial charge in [0.1, 0.15) is 5.75 Å². The van der Waals surface area contributed by atoms with Crippen LogP contribution < -0.4 is 10.1 Å². The summed E-state index contributed by atoms with van der Waals surface area (Å²) in [6.07, 6.45) is 0.880. The molecule has 0 heterocycles. The third-order valence-electron chi connectivity index (χ3n) is 3.17. The van der Waals surface area contributed by atoms with Gasteiger partial charge in [0.25, 0.3) is 5.91 Å². The van der Waals surface area contributed by atoms with E-state index in [-0.39, 0.29) is 12.5 Å². The van der Waals surface area contributed by atoms with Crippen molar-refractivity contribution in [3.63, 3.8) is 0 Å². The number of rotatable bonds is 5. The predicted octanol–water partition coefficient (Wildman–Crippen LogP) is 4.18. The Bertz CT molecular complexity index is 640. The highest BCUT2D eigenvalue weighted by Gasteiger charge is 2.08. The van der Waals surface area contributed by atoms with Crippen molar-refractivity contribution < 1.29 is 9.53 Å². The molecule has 0 saturated heterocycles. The number of carbonyl (C=O) groups is 1. The lowest BCUT2D eigenvalue weighted by atomic mass is 10.1. The van der Waals surface area contributed by atoms with Crippen LogP contribution in [0.15, 0.2) is 42.5 Å². The number of ether oxygens (including phenoxy) is 1. The molecule has 110 valence electrons. The molecule has 4 heteroatoms. The zero-order valence-electron chi connectivity index (χ0n) is 12.2. The summed E-state index contributed by atoms with van der Waals surface area (Å²) in [5.41, 5.74) is 3.01. The van der Waals surface area contributed by atoms with Crippen molar-refractivity contribution in [2.45, 2.75) is 20.3 Å². The molecule has 0 atom stereocenters. The number of aryl methyl sites for hydroxylation is 2. The molecule has 21 heavy (non-hydrogen) atoms. The lowest BCUT2D eigenvalue weighted by Crippen LogP contribution is -2.21. The number of nitrogens with one attached hydrogen (secondary N) is 1. The van der Waals surface area contributed by atoms with Crippen molar-refractivity contribution in [2.24, 2.45) is 0 Å². The lowest BCUT2D eigenvalue weighted by Gasteiger charge is -2.12. The molecule has 0 aliphatic rings. The Kier molecular flexibility index (Phi) is 5.61. The van der Waals surface area contributed by atoms with Gasteiger partial charge in [0.05, 0.1) is 0 Å². The maximum Gasteiger partial charge on any atom is 0.262 e. The van der Waals surface area contributed by atoms with E-state index in [1.54, 1.807) is 0 Å². The highest BCUT2D eigenvalue weighted by molar-refractivity contribution is 14.1. The molecule has 0 spiro atoms. The maximum absolute atomic E-state index is 12.0. The third-order valence-corrected chi connectivity index (χ3v) is 3.85. The molecule has 0 bridgehead atoms. The molecule has 0 radical (unpaired) electrons. The topological polar surface area (TPSA) is 38.3 Å². The molecule has 0 aliphatic heterocycles. The third kappa shape index (κ3) is 4.46. The summed E-state index contributed by atoms with van der Waals surface area (Å²) in [7, 11) is 0. The first-order valence-corrected chi connectivity index (χ1v) is 7.94. The summed E-state index contributed by atoms with van der Waals surface area (Å²) in [6.45, 7) is 4.05. The second-order valence-corrected chi connectivity index (χ2v) is 6.00. The Balaban J connectivity index is 1.98. The Morgan fingerprint density at radius 3 is 2.71 bits per heavy atom. The average Bonchev–Trinajstić information content (AvgIpc) is 2.48. The van der Waals surface area contributed by atoms with Gasteiger partial charge in [-0.2, -0.15) is 0 Å². The van der Waals surface area contributed by atoms with Crippen LogP contribution in [0.5, 0.6) is 5.75 Å². The van der Waals surface area contributed by atoms with E-state index >= 15 is 0 Å². The summed E-state index contributed by atoms with van der Waals surface area (Å²) in [4.78, 5) is 12.0. The minimum absolute atomic E-state index is 0.0139. The zero-order chi connectivity index (χ0) is 15.2. The van der Waals surface area contributed by atoms with Crippen LogP contribution in [0, 0.1) is 10.5 Å². The number of hydrogen-bond donors (Lipinski definition) is 1. The van der Waals surface area contributed by atoms with Crippen molar-refractivity contribution in [2.75, 3.05) is 11.9 Å². The zero-order valence-corrected chi connectivity index (χ0v) is 14.3. The molecule has 3 nitrogen and oxygen atoms in total. The van der Waals surface area contributed by atoms with E-state index < -0.39 is 0 Å². The SMILES string of the molecule is CCc1cc(I)ccc1NC(=O)COc1ccccc1C. The van der Waals surface area contributed by atoms with Crippen LogP contribution in [0.4, 0.5) is 5.69 Å². The van der Waals surface area contributed by atoms with E-state index in [1.807, 2.05) is 43.3 Å². The smallest absolute Gasteiger partial charge is 0.262 e. The minimum Gasteiger partial charge on any atom is -0.483 e. The van der Waals surface area contributed by atoms with Gasteiger partial charge in [-0.25, -0.2) is 0 Å². The summed E-state index contributed by atoms with van der Waals surface area (Å²) >= 11 is 2.27. The van der Waals surface area contributed by atoms with Crippen LogP contribution in [-0.2, 0) is 11.2 Å². The van der Waals surface area contributed by atoms with Crippen LogP contribution in [0.2, 0.25) is 0 Å². The van der Waals surface area contributed by atoms with E-state index in [4.69, 9.17) is 4.74 Å². The number of amides is 1. The Morgan fingerprint density at radius 1 is 1.24 bits per heavy atom. The number of halogens is 1. The molecule has 2 rings (SSSR count). The lowest BCUT2D eigenvalue weighted by molar-refractivity contribution is -0.118. The number of anilines is 1. The first-order chi connectivity index (χ1) is 10.1. The van der Waals surface area contributed by atoms with Crippen molar-refractivity contribution in [1.29, 1.82) is 0 Å². The van der Waals surface area contributed by atoms with E-state index in [9.17, 15) is 4.79 Å². The molecular formula is C17H18INO2. The van der Waals surface area contributed by atoms with Gasteiger partial charge in [-0.05, 0) is 71.3 Å². The first kappa shape index (κ1) is 15.8. The van der Waals surface area contributed by atoms with E-state index in [0.29, 0.717) is 0 Å².